The van der Waals surface area contributed by atoms with Gasteiger partial charge in [-0.2, -0.15) is 0 Å². The van der Waals surface area contributed by atoms with Crippen molar-refractivity contribution in [1.29, 1.82) is 0 Å². The summed E-state index contributed by atoms with van der Waals surface area (Å²) in [4.78, 5) is 25.0. The second kappa shape index (κ2) is 18.4. The van der Waals surface area contributed by atoms with Gasteiger partial charge in [0, 0.05) is 18.4 Å². The molecule has 0 spiro atoms. The van der Waals surface area contributed by atoms with Crippen molar-refractivity contribution in [3.05, 3.63) is 59.7 Å². The van der Waals surface area contributed by atoms with Crippen LogP contribution in [0.2, 0.25) is 0 Å². The molecule has 0 unspecified atom stereocenters. The summed E-state index contributed by atoms with van der Waals surface area (Å²) in [7, 11) is 3.16. The number of benzene rings is 2. The Hall–Kier alpha value is -2.90. The van der Waals surface area contributed by atoms with E-state index in [1.54, 1.807) is 36.4 Å². The molecule has 7 heteroatoms. The molecule has 0 fully saturated rings. The molecule has 2 rings (SSSR count). The number of aliphatic hydroxyl groups excluding tert-OH is 1. The van der Waals surface area contributed by atoms with Crippen LogP contribution in [0.4, 0.5) is 5.69 Å². The summed E-state index contributed by atoms with van der Waals surface area (Å²) in [6, 6.07) is 14.0. The Bertz CT molecular complexity index is 910. The van der Waals surface area contributed by atoms with E-state index in [1.165, 1.54) is 32.1 Å². The predicted molar refractivity (Wildman–Crippen MR) is 150 cm³/mol. The Morgan fingerprint density at radius 3 is 2.14 bits per heavy atom. The van der Waals surface area contributed by atoms with Gasteiger partial charge in [-0.25, -0.2) is 4.79 Å². The number of amides is 1. The van der Waals surface area contributed by atoms with E-state index in [0.717, 1.165) is 37.6 Å². The molecule has 0 heterocycles. The van der Waals surface area contributed by atoms with Crippen molar-refractivity contribution < 1.29 is 28.7 Å². The zero-order valence-electron chi connectivity index (χ0n) is 23.4. The van der Waals surface area contributed by atoms with Gasteiger partial charge in [0.25, 0.3) is 5.91 Å². The fourth-order valence-electron chi connectivity index (χ4n) is 3.67. The lowest BCUT2D eigenvalue weighted by atomic mass is 10.1. The van der Waals surface area contributed by atoms with Gasteiger partial charge in [-0.3, -0.25) is 4.79 Å². The molecule has 0 saturated carbocycles. The van der Waals surface area contributed by atoms with E-state index in [1.807, 2.05) is 12.1 Å². The maximum Gasteiger partial charge on any atom is 0.338 e. The maximum absolute atomic E-state index is 12.7. The average Bonchev–Trinajstić information content (AvgIpc) is 2.94. The molecule has 0 aliphatic rings. The lowest BCUT2D eigenvalue weighted by Crippen LogP contribution is -2.46. The van der Waals surface area contributed by atoms with Crippen LogP contribution in [0.15, 0.2) is 48.5 Å². The van der Waals surface area contributed by atoms with Crippen molar-refractivity contribution in [2.45, 2.75) is 59.3 Å². The van der Waals surface area contributed by atoms with Gasteiger partial charge in [0.05, 0.1) is 32.3 Å². The van der Waals surface area contributed by atoms with Crippen LogP contribution in [-0.2, 0) is 4.74 Å². The lowest BCUT2D eigenvalue weighted by molar-refractivity contribution is -0.906. The largest absolute Gasteiger partial charge is 0.494 e. The summed E-state index contributed by atoms with van der Waals surface area (Å²) >= 11 is 0. The first-order chi connectivity index (χ1) is 17.9. The molecule has 2 aromatic rings. The van der Waals surface area contributed by atoms with Gasteiger partial charge in [-0.1, -0.05) is 45.1 Å². The minimum atomic E-state index is -0.350. The zero-order chi connectivity index (χ0) is 27.5. The van der Waals surface area contributed by atoms with Crippen molar-refractivity contribution in [2.24, 2.45) is 0 Å². The minimum Gasteiger partial charge on any atom is -0.494 e. The highest BCUT2D eigenvalue weighted by Gasteiger charge is 2.17. The van der Waals surface area contributed by atoms with E-state index in [2.05, 4.69) is 33.1 Å². The van der Waals surface area contributed by atoms with E-state index in [0.29, 0.717) is 35.8 Å². The second-order valence-electron chi connectivity index (χ2n) is 9.29. The zero-order valence-corrected chi connectivity index (χ0v) is 23.4. The highest BCUT2D eigenvalue weighted by molar-refractivity contribution is 6.04. The Morgan fingerprint density at radius 2 is 1.49 bits per heavy atom. The van der Waals surface area contributed by atoms with Crippen molar-refractivity contribution in [3.63, 3.8) is 0 Å². The summed E-state index contributed by atoms with van der Waals surface area (Å²) in [6.45, 7) is 10.3. The first-order valence-electron chi connectivity index (χ1n) is 13.5. The molecule has 0 saturated heterocycles. The monoisotopic (exact) mass is 515 g/mol. The third-order valence-electron chi connectivity index (χ3n) is 6.63. The van der Waals surface area contributed by atoms with Crippen LogP contribution in [0.5, 0.6) is 5.75 Å². The van der Waals surface area contributed by atoms with Crippen LogP contribution in [-0.4, -0.2) is 68.5 Å². The van der Waals surface area contributed by atoms with E-state index < -0.39 is 0 Å². The van der Waals surface area contributed by atoms with Crippen molar-refractivity contribution >= 4 is 17.6 Å². The number of hydrogen-bond donors (Lipinski definition) is 2. The Balaban J connectivity index is 0.00000334. The third kappa shape index (κ3) is 12.3. The fourth-order valence-corrected chi connectivity index (χ4v) is 3.67. The summed E-state index contributed by atoms with van der Waals surface area (Å²) < 4.78 is 12.1. The quantitative estimate of drug-likeness (QED) is 0.164. The van der Waals surface area contributed by atoms with Gasteiger partial charge in [0.2, 0.25) is 0 Å². The molecule has 206 valence electrons. The molecule has 1 amide bonds. The molecule has 0 radical (unpaired) electrons. The number of carbonyl (C=O) groups is 2. The molecule has 0 aliphatic carbocycles. The predicted octanol–water partition coefficient (Wildman–Crippen LogP) is 5.93. The van der Waals surface area contributed by atoms with Gasteiger partial charge in [0.1, 0.15) is 18.9 Å². The number of esters is 1. The van der Waals surface area contributed by atoms with E-state index in [4.69, 9.17) is 14.6 Å². The molecule has 7 nitrogen and oxygen atoms in total. The van der Waals surface area contributed by atoms with Gasteiger partial charge in [0.15, 0.2) is 0 Å². The molecule has 0 aromatic heterocycles. The van der Waals surface area contributed by atoms with E-state index in [-0.39, 0.29) is 11.9 Å². The van der Waals surface area contributed by atoms with E-state index in [9.17, 15) is 9.59 Å². The van der Waals surface area contributed by atoms with Crippen LogP contribution in [0.25, 0.3) is 0 Å². The highest BCUT2D eigenvalue weighted by Crippen LogP contribution is 2.17. The van der Waals surface area contributed by atoms with Crippen molar-refractivity contribution in [1.82, 2.24) is 0 Å². The number of nitrogens with zero attached hydrogens (tertiary/aromatic N) is 1. The lowest BCUT2D eigenvalue weighted by Gasteiger charge is -2.31. The molecular weight excluding hydrogens is 468 g/mol. The molecule has 0 bridgehead atoms. The topological polar surface area (TPSA) is 84.9 Å². The second-order valence-corrected chi connectivity index (χ2v) is 9.29. The number of ether oxygens (including phenoxy) is 2. The van der Waals surface area contributed by atoms with Crippen LogP contribution < -0.4 is 10.1 Å². The fraction of sp³-hybridized carbons (Fsp3) is 0.533. The Kier molecular flexibility index (Phi) is 15.9. The maximum atomic E-state index is 12.7. The van der Waals surface area contributed by atoms with Gasteiger partial charge >= 0.3 is 5.97 Å². The first kappa shape index (κ1) is 32.1. The molecule has 2 N–H and O–H groups in total. The van der Waals surface area contributed by atoms with Crippen molar-refractivity contribution in [2.75, 3.05) is 52.3 Å². The number of quaternary nitrogens is 1. The summed E-state index contributed by atoms with van der Waals surface area (Å²) in [6.07, 6.45) is 7.25. The molecular formula is C30H47N2O5+. The third-order valence-corrected chi connectivity index (χ3v) is 6.63. The normalized spacial score (nSPS) is 10.8. The molecule has 0 aliphatic heterocycles. The molecule has 0 atom stereocenters. The van der Waals surface area contributed by atoms with Crippen LogP contribution in [0.1, 0.15) is 80.0 Å². The number of carbonyl (C=O) groups excluding carboxylic acids is 2. The number of hydrogen-bond acceptors (Lipinski definition) is 5. The first-order valence-corrected chi connectivity index (χ1v) is 13.5. The number of likely N-dealkylation sites (N-methyl/N-ethyl adjacent to an activating group) is 1. The number of nitrogens with one attached hydrogen (secondary N) is 1. The summed E-state index contributed by atoms with van der Waals surface area (Å²) in [5, 5.41) is 9.88. The van der Waals surface area contributed by atoms with Crippen LogP contribution >= 0.6 is 0 Å². The summed E-state index contributed by atoms with van der Waals surface area (Å²) in [5.41, 5.74) is 1.61. The van der Waals surface area contributed by atoms with Gasteiger partial charge in [-0.05, 0) is 62.7 Å². The van der Waals surface area contributed by atoms with Crippen LogP contribution in [0, 0.1) is 0 Å². The number of anilines is 1. The standard InChI is InChI=1S/C29H42N2O4.CH4O/c1-5-8-9-10-11-12-21-34-27-15-13-14-25(23-27)28(32)30-26-18-16-24(17-19-26)29(33)35-22-20-31(4,6-2)7-3;1-2/h13-19,23H,5-12,20-22H2,1-4H3;2H,1H3/p+1. The Labute approximate surface area is 223 Å². The molecule has 2 aromatic carbocycles. The smallest absolute Gasteiger partial charge is 0.338 e. The minimum absolute atomic E-state index is 0.221. The number of aliphatic hydroxyl groups is 1. The highest BCUT2D eigenvalue weighted by atomic mass is 16.5. The number of unbranched alkanes of at least 4 members (excludes halogenated alkanes) is 5. The van der Waals surface area contributed by atoms with Gasteiger partial charge in [-0.15, -0.1) is 0 Å². The molecule has 37 heavy (non-hydrogen) atoms. The average molecular weight is 516 g/mol. The Morgan fingerprint density at radius 1 is 0.838 bits per heavy atom. The van der Waals surface area contributed by atoms with Crippen LogP contribution in [0.3, 0.4) is 0 Å². The summed E-state index contributed by atoms with van der Waals surface area (Å²) in [5.74, 6) is 0.128. The van der Waals surface area contributed by atoms with Crippen molar-refractivity contribution in [3.8, 4) is 5.75 Å². The number of rotatable bonds is 16. The SMILES string of the molecule is CCCCCCCCOc1cccc(C(=O)Nc2ccc(C(=O)OCC[N+](C)(CC)CC)cc2)c1.CO. The van der Waals surface area contributed by atoms with Gasteiger partial charge < -0.3 is 24.4 Å². The van der Waals surface area contributed by atoms with E-state index >= 15 is 0 Å².